The molecule has 138 valence electrons. The number of carbonyl (C=O) groups excluding carboxylic acids is 1. The fraction of sp³-hybridized carbons (Fsp3) is 0.312. The van der Waals surface area contributed by atoms with Gasteiger partial charge >= 0.3 is 5.69 Å². The minimum atomic E-state index is -0.565. The second-order valence-corrected chi connectivity index (χ2v) is 6.34. The van der Waals surface area contributed by atoms with Gasteiger partial charge in [-0.2, -0.15) is 0 Å². The summed E-state index contributed by atoms with van der Waals surface area (Å²) in [6.45, 7) is 2.66. The third-order valence-electron chi connectivity index (χ3n) is 3.61. The van der Waals surface area contributed by atoms with E-state index in [4.69, 9.17) is 0 Å². The topological polar surface area (TPSA) is 113 Å². The minimum Gasteiger partial charge on any atom is -0.354 e. The van der Waals surface area contributed by atoms with E-state index in [-0.39, 0.29) is 17.3 Å². The Kier molecular flexibility index (Phi) is 6.84. The molecule has 0 radical (unpaired) electrons. The van der Waals surface area contributed by atoms with Crippen LogP contribution in [0.1, 0.15) is 30.1 Å². The summed E-state index contributed by atoms with van der Waals surface area (Å²) in [6.07, 6.45) is 3.05. The third kappa shape index (κ3) is 4.66. The van der Waals surface area contributed by atoms with Crippen molar-refractivity contribution in [1.82, 2.24) is 15.4 Å². The van der Waals surface area contributed by atoms with Gasteiger partial charge in [0.05, 0.1) is 10.5 Å². The summed E-state index contributed by atoms with van der Waals surface area (Å²) in [5.41, 5.74) is 5.05. The van der Waals surface area contributed by atoms with E-state index in [9.17, 15) is 14.9 Å². The number of unbranched alkanes of at least 4 members (excludes halogenated alkanes) is 1. The lowest BCUT2D eigenvalue weighted by molar-refractivity contribution is -0.383. The third-order valence-corrected chi connectivity index (χ3v) is 4.30. The monoisotopic (exact) mass is 422 g/mol. The highest BCUT2D eigenvalue weighted by Crippen LogP contribution is 2.30. The lowest BCUT2D eigenvalue weighted by Gasteiger charge is -2.18. The first-order valence-corrected chi connectivity index (χ1v) is 8.76. The van der Waals surface area contributed by atoms with Crippen LogP contribution in [0.4, 0.5) is 17.3 Å². The van der Waals surface area contributed by atoms with Gasteiger partial charge in [-0.3, -0.25) is 25.8 Å². The molecule has 1 heterocycles. The van der Waals surface area contributed by atoms with Gasteiger partial charge in [0.2, 0.25) is 11.6 Å². The van der Waals surface area contributed by atoms with Crippen LogP contribution in [-0.4, -0.2) is 34.4 Å². The molecule has 0 atom stereocenters. The Labute approximate surface area is 159 Å². The molecular weight excluding hydrogens is 404 g/mol. The number of nitro groups is 1. The normalized spacial score (nSPS) is 10.3. The molecule has 0 saturated carbocycles. The lowest BCUT2D eigenvalue weighted by Crippen LogP contribution is -2.31. The number of hydrogen-bond acceptors (Lipinski definition) is 7. The lowest BCUT2D eigenvalue weighted by atomic mass is 10.2. The van der Waals surface area contributed by atoms with E-state index in [0.29, 0.717) is 16.6 Å². The van der Waals surface area contributed by atoms with Gasteiger partial charge < -0.3 is 4.90 Å². The fourth-order valence-corrected chi connectivity index (χ4v) is 2.70. The van der Waals surface area contributed by atoms with Crippen LogP contribution in [0.5, 0.6) is 0 Å². The van der Waals surface area contributed by atoms with Gasteiger partial charge in [-0.1, -0.05) is 25.5 Å². The number of halogens is 1. The van der Waals surface area contributed by atoms with E-state index in [1.54, 1.807) is 36.2 Å². The van der Waals surface area contributed by atoms with Gasteiger partial charge in [0.15, 0.2) is 0 Å². The van der Waals surface area contributed by atoms with Crippen molar-refractivity contribution in [3.8, 4) is 0 Å². The van der Waals surface area contributed by atoms with E-state index in [2.05, 4.69) is 36.7 Å². The standard InChI is InChI=1S/C16H19BrN6O3/c1-3-4-9-22(2)15-13(23(25)26)14(18-10-19-15)20-21-16(24)11-7-5-6-8-12(11)17/h5-8,10H,3-4,9H2,1-2H3,(H,21,24)(H,18,19,20). The van der Waals surface area contributed by atoms with Crippen LogP contribution < -0.4 is 15.8 Å². The van der Waals surface area contributed by atoms with Gasteiger partial charge in [-0.05, 0) is 34.5 Å². The number of benzene rings is 1. The predicted octanol–water partition coefficient (Wildman–Crippen LogP) is 3.14. The van der Waals surface area contributed by atoms with Crippen molar-refractivity contribution in [2.24, 2.45) is 0 Å². The van der Waals surface area contributed by atoms with Crippen LogP contribution in [0.2, 0.25) is 0 Å². The first-order valence-electron chi connectivity index (χ1n) is 7.97. The van der Waals surface area contributed by atoms with E-state index in [1.807, 2.05) is 6.92 Å². The zero-order valence-electron chi connectivity index (χ0n) is 14.4. The predicted molar refractivity (Wildman–Crippen MR) is 102 cm³/mol. The summed E-state index contributed by atoms with van der Waals surface area (Å²) >= 11 is 3.29. The van der Waals surface area contributed by atoms with Gasteiger partial charge in [-0.25, -0.2) is 9.97 Å². The number of aromatic nitrogens is 2. The molecule has 0 saturated heterocycles. The fourth-order valence-electron chi connectivity index (χ4n) is 2.24. The minimum absolute atomic E-state index is 0.0799. The molecule has 1 amide bonds. The van der Waals surface area contributed by atoms with Gasteiger partial charge in [-0.15, -0.1) is 0 Å². The number of rotatable bonds is 8. The number of nitrogens with one attached hydrogen (secondary N) is 2. The van der Waals surface area contributed by atoms with Crippen molar-refractivity contribution in [2.45, 2.75) is 19.8 Å². The molecule has 26 heavy (non-hydrogen) atoms. The molecule has 2 rings (SSSR count). The Bertz CT molecular complexity index is 801. The molecule has 0 aliphatic rings. The Morgan fingerprint density at radius 3 is 2.73 bits per heavy atom. The van der Waals surface area contributed by atoms with Gasteiger partial charge in [0.1, 0.15) is 6.33 Å². The van der Waals surface area contributed by atoms with Crippen LogP contribution in [0, 0.1) is 10.1 Å². The van der Waals surface area contributed by atoms with E-state index < -0.39 is 10.8 Å². The summed E-state index contributed by atoms with van der Waals surface area (Å²) in [7, 11) is 1.73. The summed E-state index contributed by atoms with van der Waals surface area (Å²) in [4.78, 5) is 32.8. The van der Waals surface area contributed by atoms with Gasteiger partial charge in [0.25, 0.3) is 5.91 Å². The molecule has 0 bridgehead atoms. The molecule has 2 aromatic rings. The summed E-state index contributed by atoms with van der Waals surface area (Å²) in [5.74, 6) is -0.342. The molecule has 0 unspecified atom stereocenters. The Hall–Kier alpha value is -2.75. The molecule has 0 spiro atoms. The highest BCUT2D eigenvalue weighted by molar-refractivity contribution is 9.10. The van der Waals surface area contributed by atoms with Crippen molar-refractivity contribution < 1.29 is 9.72 Å². The summed E-state index contributed by atoms with van der Waals surface area (Å²) in [5, 5.41) is 11.5. The Morgan fingerprint density at radius 1 is 1.35 bits per heavy atom. The average Bonchev–Trinajstić information content (AvgIpc) is 2.64. The molecular formula is C16H19BrN6O3. The molecule has 2 N–H and O–H groups in total. The number of hydrogen-bond donors (Lipinski definition) is 2. The van der Waals surface area contributed by atoms with Crippen molar-refractivity contribution in [2.75, 3.05) is 23.9 Å². The molecule has 1 aromatic heterocycles. The second-order valence-electron chi connectivity index (χ2n) is 5.49. The van der Waals surface area contributed by atoms with Crippen molar-refractivity contribution >= 4 is 39.2 Å². The van der Waals surface area contributed by atoms with E-state index >= 15 is 0 Å². The number of amides is 1. The van der Waals surface area contributed by atoms with Crippen molar-refractivity contribution in [3.05, 3.63) is 50.7 Å². The van der Waals surface area contributed by atoms with Crippen LogP contribution in [0.25, 0.3) is 0 Å². The zero-order chi connectivity index (χ0) is 19.1. The Balaban J connectivity index is 2.22. The van der Waals surface area contributed by atoms with Crippen molar-refractivity contribution in [1.29, 1.82) is 0 Å². The maximum atomic E-state index is 12.3. The zero-order valence-corrected chi connectivity index (χ0v) is 16.0. The number of anilines is 2. The van der Waals surface area contributed by atoms with Crippen LogP contribution >= 0.6 is 15.9 Å². The van der Waals surface area contributed by atoms with Crippen LogP contribution in [-0.2, 0) is 0 Å². The molecule has 0 aliphatic carbocycles. The van der Waals surface area contributed by atoms with Crippen LogP contribution in [0.15, 0.2) is 35.1 Å². The van der Waals surface area contributed by atoms with E-state index in [0.717, 1.165) is 12.8 Å². The molecule has 0 aliphatic heterocycles. The number of nitrogens with zero attached hydrogens (tertiary/aromatic N) is 4. The highest BCUT2D eigenvalue weighted by atomic mass is 79.9. The molecule has 9 nitrogen and oxygen atoms in total. The largest absolute Gasteiger partial charge is 0.355 e. The second kappa shape index (κ2) is 9.09. The summed E-state index contributed by atoms with van der Waals surface area (Å²) < 4.78 is 0.608. The average molecular weight is 423 g/mol. The summed E-state index contributed by atoms with van der Waals surface area (Å²) in [6, 6.07) is 6.85. The maximum Gasteiger partial charge on any atom is 0.355 e. The first kappa shape index (κ1) is 19.6. The van der Waals surface area contributed by atoms with E-state index in [1.165, 1.54) is 6.33 Å². The quantitative estimate of drug-likeness (QED) is 0.495. The molecule has 1 aromatic carbocycles. The highest BCUT2D eigenvalue weighted by Gasteiger charge is 2.25. The van der Waals surface area contributed by atoms with Crippen LogP contribution in [0.3, 0.4) is 0 Å². The Morgan fingerprint density at radius 2 is 2.08 bits per heavy atom. The maximum absolute atomic E-state index is 12.3. The molecule has 0 fully saturated rings. The SMILES string of the molecule is CCCCN(C)c1ncnc(NNC(=O)c2ccccc2Br)c1[N+](=O)[O-]. The number of hydrazine groups is 1. The first-order chi connectivity index (χ1) is 12.5. The number of carbonyl (C=O) groups is 1. The van der Waals surface area contributed by atoms with Gasteiger partial charge in [0, 0.05) is 18.1 Å². The smallest absolute Gasteiger partial charge is 0.354 e. The molecule has 10 heteroatoms. The van der Waals surface area contributed by atoms with Crippen molar-refractivity contribution in [3.63, 3.8) is 0 Å².